The maximum absolute atomic E-state index is 13.0. The van der Waals surface area contributed by atoms with E-state index in [9.17, 15) is 14.4 Å². The fraction of sp³-hybridized carbons (Fsp3) is 0.770. The van der Waals surface area contributed by atoms with Crippen molar-refractivity contribution >= 4 is 17.9 Å². The Morgan fingerprint density at radius 3 is 0.762 bits per heavy atom. The SMILES string of the molecule is CC/C=C\C/C=C\C/C=C\C/C=C\CCCCCCCCCCC(=O)OC(COC(=O)CCCCCCCCCCCC/C=C\C/C=C\C/C=C\CCCCCCC)COC(=O)CCCCCCCCCCCCCCCCCC. The van der Waals surface area contributed by atoms with E-state index in [0.717, 1.165) is 103 Å². The Morgan fingerprint density at radius 2 is 0.487 bits per heavy atom. The number of carbonyl (C=O) groups excluding carboxylic acids is 3. The first-order valence-corrected chi connectivity index (χ1v) is 34.6. The third-order valence-electron chi connectivity index (χ3n) is 15.1. The van der Waals surface area contributed by atoms with Crippen LogP contribution >= 0.6 is 0 Å². The highest BCUT2D eigenvalue weighted by Gasteiger charge is 2.19. The second-order valence-corrected chi connectivity index (χ2v) is 23.1. The van der Waals surface area contributed by atoms with Gasteiger partial charge in [0, 0.05) is 19.3 Å². The molecule has 0 fully saturated rings. The van der Waals surface area contributed by atoms with Crippen molar-refractivity contribution in [3.63, 3.8) is 0 Å². The summed E-state index contributed by atoms with van der Waals surface area (Å²) in [6, 6.07) is 0. The largest absolute Gasteiger partial charge is 0.462 e. The molecule has 0 aromatic carbocycles. The molecule has 0 bridgehead atoms. The van der Waals surface area contributed by atoms with Crippen molar-refractivity contribution < 1.29 is 28.6 Å². The van der Waals surface area contributed by atoms with Gasteiger partial charge in [-0.1, -0.05) is 318 Å². The molecular formula is C74H130O6. The van der Waals surface area contributed by atoms with Crippen LogP contribution in [0.5, 0.6) is 0 Å². The summed E-state index contributed by atoms with van der Waals surface area (Å²) >= 11 is 0. The Labute approximate surface area is 496 Å². The topological polar surface area (TPSA) is 78.9 Å². The number of rotatable bonds is 63. The predicted octanol–water partition coefficient (Wildman–Crippen LogP) is 23.8. The zero-order chi connectivity index (χ0) is 57.8. The highest BCUT2D eigenvalue weighted by molar-refractivity contribution is 5.71. The summed E-state index contributed by atoms with van der Waals surface area (Å²) in [7, 11) is 0. The van der Waals surface area contributed by atoms with Gasteiger partial charge in [0.05, 0.1) is 0 Å². The molecule has 0 radical (unpaired) electrons. The van der Waals surface area contributed by atoms with E-state index in [2.05, 4.69) is 106 Å². The maximum atomic E-state index is 13.0. The number of hydrogen-bond acceptors (Lipinski definition) is 6. The summed E-state index contributed by atoms with van der Waals surface area (Å²) in [4.78, 5) is 38.5. The van der Waals surface area contributed by atoms with E-state index in [4.69, 9.17) is 14.2 Å². The first kappa shape index (κ1) is 76.6. The first-order chi connectivity index (χ1) is 39.5. The van der Waals surface area contributed by atoms with Gasteiger partial charge in [0.25, 0.3) is 0 Å². The molecule has 80 heavy (non-hydrogen) atoms. The molecule has 0 aromatic heterocycles. The molecule has 0 amide bonds. The van der Waals surface area contributed by atoms with Crippen LogP contribution in [0.25, 0.3) is 0 Å². The molecule has 6 nitrogen and oxygen atoms in total. The quantitative estimate of drug-likeness (QED) is 0.0261. The molecule has 0 saturated heterocycles. The number of allylic oxidation sites excluding steroid dienone is 14. The van der Waals surface area contributed by atoms with Gasteiger partial charge < -0.3 is 14.2 Å². The van der Waals surface area contributed by atoms with Crippen molar-refractivity contribution in [1.29, 1.82) is 0 Å². The van der Waals surface area contributed by atoms with E-state index < -0.39 is 6.10 Å². The lowest BCUT2D eigenvalue weighted by Crippen LogP contribution is -2.30. The van der Waals surface area contributed by atoms with Crippen LogP contribution in [-0.4, -0.2) is 37.2 Å². The standard InChI is InChI=1S/C74H130O6/c1-4-7-10-13-16-19-22-25-28-31-33-35-36-37-38-40-41-43-46-49-52-55-58-61-64-67-73(76)79-70-71(69-78-72(75)66-63-60-57-54-51-48-45-30-27-24-21-18-15-12-9-6-3)80-74(77)68-65-62-59-56-53-50-47-44-42-39-34-32-29-26-23-20-17-14-11-8-5-2/h8,11,17,20,22,25-26,29,31,33-34,36-37,39,71H,4-7,9-10,12-16,18-19,21,23-24,27-28,30,32,35,38,40-70H2,1-3H3/b11-8-,20-17-,25-22-,29-26-,33-31-,37-36-,39-34-. The number of carbonyl (C=O) groups is 3. The minimum atomic E-state index is -0.783. The third-order valence-corrected chi connectivity index (χ3v) is 15.1. The van der Waals surface area contributed by atoms with Gasteiger partial charge >= 0.3 is 17.9 Å². The van der Waals surface area contributed by atoms with Gasteiger partial charge in [-0.3, -0.25) is 14.4 Å². The van der Waals surface area contributed by atoms with Gasteiger partial charge in [-0.2, -0.15) is 0 Å². The summed E-state index contributed by atoms with van der Waals surface area (Å²) in [6.07, 6.45) is 90.2. The van der Waals surface area contributed by atoms with E-state index >= 15 is 0 Å². The van der Waals surface area contributed by atoms with E-state index in [1.165, 1.54) is 205 Å². The number of ether oxygens (including phenoxy) is 3. The number of unbranched alkanes of at least 4 members (excludes halogenated alkanes) is 38. The van der Waals surface area contributed by atoms with Gasteiger partial charge in [0.1, 0.15) is 13.2 Å². The minimum absolute atomic E-state index is 0.0777. The van der Waals surface area contributed by atoms with Crippen LogP contribution < -0.4 is 0 Å². The molecule has 1 unspecified atom stereocenters. The lowest BCUT2D eigenvalue weighted by atomic mass is 10.0. The zero-order valence-electron chi connectivity index (χ0n) is 53.1. The molecule has 0 spiro atoms. The fourth-order valence-electron chi connectivity index (χ4n) is 9.97. The van der Waals surface area contributed by atoms with Gasteiger partial charge in [-0.05, 0) is 96.3 Å². The normalized spacial score (nSPS) is 12.6. The van der Waals surface area contributed by atoms with Gasteiger partial charge in [0.15, 0.2) is 6.10 Å². The van der Waals surface area contributed by atoms with Gasteiger partial charge in [0.2, 0.25) is 0 Å². The summed E-state index contributed by atoms with van der Waals surface area (Å²) in [5.74, 6) is -0.871. The van der Waals surface area contributed by atoms with Crippen LogP contribution in [0.3, 0.4) is 0 Å². The molecule has 0 aliphatic carbocycles. The fourth-order valence-corrected chi connectivity index (χ4v) is 9.97. The molecule has 0 heterocycles. The van der Waals surface area contributed by atoms with Crippen molar-refractivity contribution in [2.75, 3.05) is 13.2 Å². The van der Waals surface area contributed by atoms with E-state index in [1.54, 1.807) is 0 Å². The molecular weight excluding hydrogens is 985 g/mol. The van der Waals surface area contributed by atoms with Crippen molar-refractivity contribution in [2.24, 2.45) is 0 Å². The summed E-state index contributed by atoms with van der Waals surface area (Å²) in [6.45, 7) is 6.56. The molecule has 0 aliphatic heterocycles. The summed E-state index contributed by atoms with van der Waals surface area (Å²) in [5.41, 5.74) is 0. The second kappa shape index (κ2) is 68.1. The van der Waals surface area contributed by atoms with Crippen molar-refractivity contribution in [1.82, 2.24) is 0 Å². The molecule has 462 valence electrons. The highest BCUT2D eigenvalue weighted by atomic mass is 16.6. The van der Waals surface area contributed by atoms with Crippen LogP contribution in [0.2, 0.25) is 0 Å². The average molecular weight is 1120 g/mol. The molecule has 0 N–H and O–H groups in total. The smallest absolute Gasteiger partial charge is 0.306 e. The summed E-state index contributed by atoms with van der Waals surface area (Å²) in [5, 5.41) is 0. The Hall–Kier alpha value is -3.41. The Kier molecular flexibility index (Phi) is 65.2. The lowest BCUT2D eigenvalue weighted by molar-refractivity contribution is -0.167. The van der Waals surface area contributed by atoms with Crippen LogP contribution in [0.4, 0.5) is 0 Å². The van der Waals surface area contributed by atoms with Crippen molar-refractivity contribution in [3.8, 4) is 0 Å². The monoisotopic (exact) mass is 1110 g/mol. The van der Waals surface area contributed by atoms with Crippen molar-refractivity contribution in [3.05, 3.63) is 85.1 Å². The van der Waals surface area contributed by atoms with Gasteiger partial charge in [-0.25, -0.2) is 0 Å². The second-order valence-electron chi connectivity index (χ2n) is 23.1. The predicted molar refractivity (Wildman–Crippen MR) is 348 cm³/mol. The number of esters is 3. The number of hydrogen-bond donors (Lipinski definition) is 0. The lowest BCUT2D eigenvalue weighted by Gasteiger charge is -2.18. The molecule has 0 aliphatic rings. The highest BCUT2D eigenvalue weighted by Crippen LogP contribution is 2.17. The molecule has 0 rings (SSSR count). The van der Waals surface area contributed by atoms with Crippen LogP contribution in [-0.2, 0) is 28.6 Å². The maximum Gasteiger partial charge on any atom is 0.306 e. The zero-order valence-corrected chi connectivity index (χ0v) is 53.1. The first-order valence-electron chi connectivity index (χ1n) is 34.6. The minimum Gasteiger partial charge on any atom is -0.462 e. The van der Waals surface area contributed by atoms with Crippen LogP contribution in [0.15, 0.2) is 85.1 Å². The molecule has 1 atom stereocenters. The average Bonchev–Trinajstić information content (AvgIpc) is 3.46. The molecule has 0 aromatic rings. The molecule has 6 heteroatoms. The van der Waals surface area contributed by atoms with Crippen LogP contribution in [0, 0.1) is 0 Å². The Bertz CT molecular complexity index is 1520. The molecule has 0 saturated carbocycles. The van der Waals surface area contributed by atoms with Gasteiger partial charge in [-0.15, -0.1) is 0 Å². The van der Waals surface area contributed by atoms with Crippen molar-refractivity contribution in [2.45, 2.75) is 354 Å². The van der Waals surface area contributed by atoms with Crippen LogP contribution in [0.1, 0.15) is 348 Å². The Morgan fingerprint density at radius 1 is 0.263 bits per heavy atom. The van der Waals surface area contributed by atoms with E-state index in [-0.39, 0.29) is 31.1 Å². The summed E-state index contributed by atoms with van der Waals surface area (Å²) < 4.78 is 17.0. The third kappa shape index (κ3) is 65.4. The van der Waals surface area contributed by atoms with E-state index in [1.807, 2.05) is 0 Å². The Balaban J connectivity index is 4.35. The van der Waals surface area contributed by atoms with E-state index in [0.29, 0.717) is 19.3 Å².